The summed E-state index contributed by atoms with van der Waals surface area (Å²) in [5, 5.41) is 11.5. The first-order valence-corrected chi connectivity index (χ1v) is 6.48. The van der Waals surface area contributed by atoms with Crippen LogP contribution in [-0.2, 0) is 9.59 Å². The van der Waals surface area contributed by atoms with Gasteiger partial charge in [0.05, 0.1) is 0 Å². The Kier molecular flexibility index (Phi) is 4.07. The van der Waals surface area contributed by atoms with Gasteiger partial charge in [-0.25, -0.2) is 4.79 Å². The standard InChI is InChI=1S/C13H17N3O4/c14-11(17)6-5-9(13(19)20)15-12(18)10-2-1-7-16(10)8-3-4-8/h1-2,7-9H,3-6H2,(H2,14,17)(H,15,18)(H,19,20)/t9-/m1/s1. The molecule has 2 rings (SSSR count). The molecule has 0 aromatic carbocycles. The van der Waals surface area contributed by atoms with Crippen LogP contribution in [0.3, 0.4) is 0 Å². The van der Waals surface area contributed by atoms with E-state index in [1.807, 2.05) is 10.8 Å². The molecule has 1 fully saturated rings. The summed E-state index contributed by atoms with van der Waals surface area (Å²) in [6.45, 7) is 0. The maximum Gasteiger partial charge on any atom is 0.326 e. The van der Waals surface area contributed by atoms with Gasteiger partial charge in [0.25, 0.3) is 5.91 Å². The van der Waals surface area contributed by atoms with Crippen molar-refractivity contribution in [2.24, 2.45) is 5.73 Å². The van der Waals surface area contributed by atoms with Gasteiger partial charge in [-0.05, 0) is 31.4 Å². The lowest BCUT2D eigenvalue weighted by Crippen LogP contribution is -2.42. The molecule has 1 aromatic rings. The molecule has 0 unspecified atom stereocenters. The summed E-state index contributed by atoms with van der Waals surface area (Å²) in [5.41, 5.74) is 5.43. The summed E-state index contributed by atoms with van der Waals surface area (Å²) in [4.78, 5) is 33.9. The fraction of sp³-hybridized carbons (Fsp3) is 0.462. The topological polar surface area (TPSA) is 114 Å². The van der Waals surface area contributed by atoms with Crippen LogP contribution >= 0.6 is 0 Å². The van der Waals surface area contributed by atoms with E-state index in [0.717, 1.165) is 12.8 Å². The minimum absolute atomic E-state index is 0.0133. The number of aromatic nitrogens is 1. The van der Waals surface area contributed by atoms with Crippen LogP contribution in [-0.4, -0.2) is 33.5 Å². The Morgan fingerprint density at radius 3 is 2.70 bits per heavy atom. The molecule has 0 aliphatic heterocycles. The second kappa shape index (κ2) is 5.77. The third-order valence-electron chi connectivity index (χ3n) is 3.23. The van der Waals surface area contributed by atoms with Gasteiger partial charge < -0.3 is 20.7 Å². The van der Waals surface area contributed by atoms with E-state index in [1.165, 1.54) is 0 Å². The molecule has 0 spiro atoms. The monoisotopic (exact) mass is 279 g/mol. The van der Waals surface area contributed by atoms with Gasteiger partial charge in [0.15, 0.2) is 0 Å². The van der Waals surface area contributed by atoms with Gasteiger partial charge in [0, 0.05) is 18.7 Å². The third kappa shape index (κ3) is 3.37. The van der Waals surface area contributed by atoms with E-state index in [2.05, 4.69) is 5.32 Å². The number of nitrogens with one attached hydrogen (secondary N) is 1. The maximum atomic E-state index is 12.1. The SMILES string of the molecule is NC(=O)CC[C@@H](NC(=O)c1cccn1C1CC1)C(=O)O. The van der Waals surface area contributed by atoms with Crippen LogP contribution in [0.5, 0.6) is 0 Å². The fourth-order valence-corrected chi connectivity index (χ4v) is 2.03. The first-order valence-electron chi connectivity index (χ1n) is 6.48. The number of carboxylic acid groups (broad SMARTS) is 1. The lowest BCUT2D eigenvalue weighted by Gasteiger charge is -2.14. The third-order valence-corrected chi connectivity index (χ3v) is 3.23. The van der Waals surface area contributed by atoms with E-state index in [0.29, 0.717) is 11.7 Å². The van der Waals surface area contributed by atoms with Crippen LogP contribution in [0.15, 0.2) is 18.3 Å². The number of carbonyl (C=O) groups excluding carboxylic acids is 2. The number of aliphatic carboxylic acids is 1. The number of amides is 2. The van der Waals surface area contributed by atoms with Crippen molar-refractivity contribution in [3.05, 3.63) is 24.0 Å². The van der Waals surface area contributed by atoms with Crippen molar-refractivity contribution in [2.45, 2.75) is 37.8 Å². The zero-order chi connectivity index (χ0) is 14.7. The van der Waals surface area contributed by atoms with E-state index in [-0.39, 0.29) is 12.8 Å². The second-order valence-electron chi connectivity index (χ2n) is 4.90. The quantitative estimate of drug-likeness (QED) is 0.664. The summed E-state index contributed by atoms with van der Waals surface area (Å²) in [6.07, 6.45) is 3.77. The summed E-state index contributed by atoms with van der Waals surface area (Å²) >= 11 is 0. The molecular formula is C13H17N3O4. The van der Waals surface area contributed by atoms with Crippen LogP contribution in [0.4, 0.5) is 0 Å². The van der Waals surface area contributed by atoms with E-state index >= 15 is 0 Å². The average Bonchev–Trinajstić information content (AvgIpc) is 3.11. The predicted molar refractivity (Wildman–Crippen MR) is 70.0 cm³/mol. The van der Waals surface area contributed by atoms with E-state index in [1.54, 1.807) is 12.1 Å². The minimum Gasteiger partial charge on any atom is -0.480 e. The minimum atomic E-state index is -1.18. The highest BCUT2D eigenvalue weighted by molar-refractivity contribution is 5.95. The maximum absolute atomic E-state index is 12.1. The molecule has 0 bridgehead atoms. The van der Waals surface area contributed by atoms with E-state index in [9.17, 15) is 14.4 Å². The van der Waals surface area contributed by atoms with Gasteiger partial charge in [-0.1, -0.05) is 0 Å². The highest BCUT2D eigenvalue weighted by Gasteiger charge is 2.28. The van der Waals surface area contributed by atoms with Crippen LogP contribution in [0.2, 0.25) is 0 Å². The molecule has 0 saturated heterocycles. The van der Waals surface area contributed by atoms with Gasteiger partial charge in [-0.2, -0.15) is 0 Å². The van der Waals surface area contributed by atoms with Crippen molar-refractivity contribution in [3.63, 3.8) is 0 Å². The van der Waals surface area contributed by atoms with Crippen LogP contribution in [0, 0.1) is 0 Å². The molecule has 1 aliphatic carbocycles. The Labute approximate surface area is 115 Å². The molecule has 1 aromatic heterocycles. The van der Waals surface area contributed by atoms with Crippen molar-refractivity contribution in [1.82, 2.24) is 9.88 Å². The highest BCUT2D eigenvalue weighted by Crippen LogP contribution is 2.35. The Morgan fingerprint density at radius 1 is 1.45 bits per heavy atom. The predicted octanol–water partition coefficient (Wildman–Crippen LogP) is 0.271. The second-order valence-corrected chi connectivity index (χ2v) is 4.90. The largest absolute Gasteiger partial charge is 0.480 e. The number of carbonyl (C=O) groups is 3. The molecule has 1 saturated carbocycles. The molecule has 7 nitrogen and oxygen atoms in total. The number of carboxylic acids is 1. The lowest BCUT2D eigenvalue weighted by atomic mass is 10.1. The molecule has 1 aliphatic rings. The highest BCUT2D eigenvalue weighted by atomic mass is 16.4. The summed E-state index contributed by atoms with van der Waals surface area (Å²) < 4.78 is 1.85. The summed E-state index contributed by atoms with van der Waals surface area (Å²) in [6, 6.07) is 2.63. The van der Waals surface area contributed by atoms with E-state index < -0.39 is 23.8 Å². The number of nitrogens with two attached hydrogens (primary N) is 1. The van der Waals surface area contributed by atoms with Gasteiger partial charge in [-0.3, -0.25) is 9.59 Å². The summed E-state index contributed by atoms with van der Waals surface area (Å²) in [7, 11) is 0. The van der Waals surface area contributed by atoms with Crippen molar-refractivity contribution in [3.8, 4) is 0 Å². The molecule has 1 heterocycles. The van der Waals surface area contributed by atoms with Gasteiger partial charge in [-0.15, -0.1) is 0 Å². The fourth-order valence-electron chi connectivity index (χ4n) is 2.03. The van der Waals surface area contributed by atoms with Crippen molar-refractivity contribution >= 4 is 17.8 Å². The molecule has 7 heteroatoms. The van der Waals surface area contributed by atoms with Crippen LogP contribution < -0.4 is 11.1 Å². The summed E-state index contributed by atoms with van der Waals surface area (Å²) in [5.74, 6) is -2.21. The Hall–Kier alpha value is -2.31. The normalized spacial score (nSPS) is 15.6. The Morgan fingerprint density at radius 2 is 2.15 bits per heavy atom. The number of nitrogens with zero attached hydrogens (tertiary/aromatic N) is 1. The van der Waals surface area contributed by atoms with Crippen molar-refractivity contribution < 1.29 is 19.5 Å². The molecule has 2 amide bonds. The Bertz CT molecular complexity index is 533. The van der Waals surface area contributed by atoms with Gasteiger partial charge in [0.2, 0.25) is 5.91 Å². The molecule has 1 atom stereocenters. The zero-order valence-electron chi connectivity index (χ0n) is 10.9. The molecule has 0 radical (unpaired) electrons. The van der Waals surface area contributed by atoms with Gasteiger partial charge >= 0.3 is 5.97 Å². The van der Waals surface area contributed by atoms with Crippen molar-refractivity contribution in [1.29, 1.82) is 0 Å². The molecular weight excluding hydrogens is 262 g/mol. The number of hydrogen-bond donors (Lipinski definition) is 3. The lowest BCUT2D eigenvalue weighted by molar-refractivity contribution is -0.139. The first kappa shape index (κ1) is 14.1. The molecule has 4 N–H and O–H groups in total. The first-order chi connectivity index (χ1) is 9.49. The van der Waals surface area contributed by atoms with E-state index in [4.69, 9.17) is 10.8 Å². The average molecular weight is 279 g/mol. The smallest absolute Gasteiger partial charge is 0.326 e. The molecule has 108 valence electrons. The molecule has 20 heavy (non-hydrogen) atoms. The number of rotatable bonds is 7. The van der Waals surface area contributed by atoms with Gasteiger partial charge in [0.1, 0.15) is 11.7 Å². The van der Waals surface area contributed by atoms with Crippen molar-refractivity contribution in [2.75, 3.05) is 0 Å². The number of hydrogen-bond acceptors (Lipinski definition) is 3. The zero-order valence-corrected chi connectivity index (χ0v) is 10.9. The Balaban J connectivity index is 2.01. The van der Waals surface area contributed by atoms with Crippen LogP contribution in [0.1, 0.15) is 42.2 Å². The van der Waals surface area contributed by atoms with Crippen LogP contribution in [0.25, 0.3) is 0 Å². The number of primary amides is 1.